The number of nitrogens with one attached hydrogen (secondary N) is 1. The van der Waals surface area contributed by atoms with Gasteiger partial charge in [-0.25, -0.2) is 9.97 Å². The Morgan fingerprint density at radius 1 is 1.14 bits per heavy atom. The van der Waals surface area contributed by atoms with Crippen molar-refractivity contribution < 1.29 is 9.90 Å². The summed E-state index contributed by atoms with van der Waals surface area (Å²) >= 11 is 3.40. The van der Waals surface area contributed by atoms with Crippen LogP contribution in [0, 0.1) is 0 Å². The third kappa shape index (κ3) is 3.78. The molecule has 0 radical (unpaired) electrons. The fourth-order valence-electron chi connectivity index (χ4n) is 3.48. The number of benzene rings is 2. The maximum Gasteiger partial charge on any atom is 0.229 e. The van der Waals surface area contributed by atoms with Crippen LogP contribution in [0.3, 0.4) is 0 Å². The number of phenols is 1. The lowest BCUT2D eigenvalue weighted by molar-refractivity contribution is -0.115. The van der Waals surface area contributed by atoms with Gasteiger partial charge in [0.2, 0.25) is 5.91 Å². The van der Waals surface area contributed by atoms with Gasteiger partial charge >= 0.3 is 0 Å². The van der Waals surface area contributed by atoms with E-state index in [0.717, 1.165) is 51.1 Å². The maximum atomic E-state index is 12.5. The van der Waals surface area contributed by atoms with Crippen molar-refractivity contribution in [2.24, 2.45) is 0 Å². The zero-order chi connectivity index (χ0) is 19.7. The van der Waals surface area contributed by atoms with Crippen LogP contribution in [-0.2, 0) is 30.5 Å². The first kappa shape index (κ1) is 18.6. The Bertz CT molecular complexity index is 1050. The van der Waals surface area contributed by atoms with Crippen molar-refractivity contribution in [3.63, 3.8) is 0 Å². The monoisotopic (exact) mass is 437 g/mol. The van der Waals surface area contributed by atoms with E-state index in [1.54, 1.807) is 12.1 Å². The molecule has 28 heavy (non-hydrogen) atoms. The normalized spacial score (nSPS) is 12.2. The Hall–Kier alpha value is -2.73. The van der Waals surface area contributed by atoms with E-state index in [9.17, 15) is 9.90 Å². The van der Waals surface area contributed by atoms with Gasteiger partial charge in [-0.05, 0) is 60.7 Å². The molecule has 1 heterocycles. The van der Waals surface area contributed by atoms with Gasteiger partial charge in [-0.3, -0.25) is 4.79 Å². The summed E-state index contributed by atoms with van der Waals surface area (Å²) in [7, 11) is 0. The van der Waals surface area contributed by atoms with Crippen LogP contribution in [0.25, 0.3) is 11.3 Å². The van der Waals surface area contributed by atoms with Gasteiger partial charge in [0.05, 0.1) is 23.5 Å². The van der Waals surface area contributed by atoms with Crippen molar-refractivity contribution >= 4 is 27.7 Å². The van der Waals surface area contributed by atoms with E-state index < -0.39 is 0 Å². The van der Waals surface area contributed by atoms with Gasteiger partial charge in [0.15, 0.2) is 5.82 Å². The molecule has 0 saturated carbocycles. The Balaban J connectivity index is 1.61. The fourth-order valence-corrected chi connectivity index (χ4v) is 3.74. The Morgan fingerprint density at radius 3 is 2.68 bits per heavy atom. The molecule has 142 valence electrons. The second kappa shape index (κ2) is 7.72. The number of nitrogens with zero attached hydrogens (tertiary/aromatic N) is 2. The molecule has 1 aliphatic rings. The molecule has 0 spiro atoms. The van der Waals surface area contributed by atoms with E-state index >= 15 is 0 Å². The number of hydrogen-bond acceptors (Lipinski definition) is 4. The van der Waals surface area contributed by atoms with Crippen LogP contribution < -0.4 is 5.32 Å². The maximum absolute atomic E-state index is 12.5. The summed E-state index contributed by atoms with van der Waals surface area (Å²) in [6, 6.07) is 13.1. The number of anilines is 1. The van der Waals surface area contributed by atoms with Gasteiger partial charge in [-0.1, -0.05) is 35.0 Å². The molecule has 3 aromatic rings. The number of carbonyl (C=O) groups excluding carboxylic acids is 1. The molecule has 5 nitrogen and oxygen atoms in total. The number of amides is 1. The molecule has 1 aliphatic carbocycles. The summed E-state index contributed by atoms with van der Waals surface area (Å²) in [5.41, 5.74) is 5.53. The van der Waals surface area contributed by atoms with Crippen LogP contribution in [-0.4, -0.2) is 21.0 Å². The molecular formula is C22H20BrN3O2. The first-order chi connectivity index (χ1) is 13.5. The average molecular weight is 438 g/mol. The smallest absolute Gasteiger partial charge is 0.229 e. The molecule has 0 saturated heterocycles. The van der Waals surface area contributed by atoms with E-state index in [1.165, 1.54) is 0 Å². The summed E-state index contributed by atoms with van der Waals surface area (Å²) in [5, 5.41) is 12.7. The minimum absolute atomic E-state index is 0.104. The van der Waals surface area contributed by atoms with Crippen molar-refractivity contribution in [3.8, 4) is 17.0 Å². The van der Waals surface area contributed by atoms with E-state index in [0.29, 0.717) is 12.2 Å². The van der Waals surface area contributed by atoms with Crippen LogP contribution in [0.1, 0.15) is 29.4 Å². The number of phenolic OH excluding ortho intramolecular Hbond substituents is 1. The molecule has 2 aromatic carbocycles. The van der Waals surface area contributed by atoms with Gasteiger partial charge in [0.25, 0.3) is 0 Å². The molecule has 0 atom stereocenters. The first-order valence-electron chi connectivity index (χ1n) is 9.30. The Kier molecular flexibility index (Phi) is 5.13. The first-order valence-corrected chi connectivity index (χ1v) is 10.1. The van der Waals surface area contributed by atoms with Gasteiger partial charge < -0.3 is 10.4 Å². The van der Waals surface area contributed by atoms with Crippen LogP contribution in [0.4, 0.5) is 5.82 Å². The number of aromatic nitrogens is 2. The Morgan fingerprint density at radius 2 is 1.93 bits per heavy atom. The van der Waals surface area contributed by atoms with Crippen molar-refractivity contribution in [1.82, 2.24) is 9.97 Å². The molecule has 0 bridgehead atoms. The van der Waals surface area contributed by atoms with Crippen LogP contribution >= 0.6 is 15.9 Å². The lowest BCUT2D eigenvalue weighted by Crippen LogP contribution is -2.19. The van der Waals surface area contributed by atoms with E-state index in [2.05, 4.69) is 21.2 Å². The van der Waals surface area contributed by atoms with E-state index in [1.807, 2.05) is 37.3 Å². The molecular weight excluding hydrogens is 418 g/mol. The predicted molar refractivity (Wildman–Crippen MR) is 112 cm³/mol. The quantitative estimate of drug-likeness (QED) is 0.631. The van der Waals surface area contributed by atoms with Gasteiger partial charge in [0.1, 0.15) is 5.75 Å². The van der Waals surface area contributed by atoms with Gasteiger partial charge in [0, 0.05) is 10.0 Å². The predicted octanol–water partition coefficient (Wildman–Crippen LogP) is 4.45. The topological polar surface area (TPSA) is 75.1 Å². The summed E-state index contributed by atoms with van der Waals surface area (Å²) < 4.78 is 0.985. The largest absolute Gasteiger partial charge is 0.508 e. The molecule has 0 unspecified atom stereocenters. The van der Waals surface area contributed by atoms with Crippen molar-refractivity contribution in [1.29, 1.82) is 0 Å². The van der Waals surface area contributed by atoms with E-state index in [-0.39, 0.29) is 18.1 Å². The van der Waals surface area contributed by atoms with Crippen molar-refractivity contribution in [2.45, 2.75) is 32.6 Å². The van der Waals surface area contributed by atoms with Crippen LogP contribution in [0.15, 0.2) is 46.9 Å². The second-order valence-electron chi connectivity index (χ2n) is 6.86. The van der Waals surface area contributed by atoms with Gasteiger partial charge in [-0.2, -0.15) is 0 Å². The number of halogens is 1. The van der Waals surface area contributed by atoms with Gasteiger partial charge in [-0.15, -0.1) is 0 Å². The number of aryl methyl sites for hydroxylation is 3. The van der Waals surface area contributed by atoms with E-state index in [4.69, 9.17) is 9.97 Å². The van der Waals surface area contributed by atoms with Crippen molar-refractivity contribution in [3.05, 3.63) is 69.5 Å². The zero-order valence-electron chi connectivity index (χ0n) is 15.5. The standard InChI is InChI=1S/C22H20BrN3O2/c1-2-18-22(26-20(28)11-13-3-6-15(23)7-4-13)25-19-10-5-14-12-16(27)8-9-17(14)21(19)24-18/h3-4,6-9,12,27H,2,5,10-11H2,1H3,(H,25,26,28). The number of fused-ring (bicyclic) bond motifs is 3. The number of aromatic hydroxyl groups is 1. The lowest BCUT2D eigenvalue weighted by Gasteiger charge is -2.20. The second-order valence-corrected chi connectivity index (χ2v) is 7.78. The van der Waals surface area contributed by atoms with Crippen molar-refractivity contribution in [2.75, 3.05) is 5.32 Å². The highest BCUT2D eigenvalue weighted by atomic mass is 79.9. The van der Waals surface area contributed by atoms with Crippen LogP contribution in [0.2, 0.25) is 0 Å². The highest BCUT2D eigenvalue weighted by Crippen LogP contribution is 2.34. The number of carbonyl (C=O) groups is 1. The summed E-state index contributed by atoms with van der Waals surface area (Å²) in [5.74, 6) is 0.709. The number of rotatable bonds is 4. The summed E-state index contributed by atoms with van der Waals surface area (Å²) in [6.07, 6.45) is 2.49. The highest BCUT2D eigenvalue weighted by Gasteiger charge is 2.22. The third-order valence-electron chi connectivity index (χ3n) is 4.89. The third-order valence-corrected chi connectivity index (χ3v) is 5.41. The summed E-state index contributed by atoms with van der Waals surface area (Å²) in [6.45, 7) is 2.00. The molecule has 1 aromatic heterocycles. The molecule has 6 heteroatoms. The fraction of sp³-hybridized carbons (Fsp3) is 0.227. The molecule has 1 amide bonds. The minimum Gasteiger partial charge on any atom is -0.508 e. The molecule has 4 rings (SSSR count). The molecule has 0 fully saturated rings. The summed E-state index contributed by atoms with van der Waals surface area (Å²) in [4.78, 5) is 22.1. The molecule has 0 aliphatic heterocycles. The average Bonchev–Trinajstić information content (AvgIpc) is 2.68. The zero-order valence-corrected chi connectivity index (χ0v) is 17.1. The SMILES string of the molecule is CCc1nc2c(nc1NC(=O)Cc1ccc(Br)cc1)CCc1cc(O)ccc1-2. The van der Waals surface area contributed by atoms with Crippen LogP contribution in [0.5, 0.6) is 5.75 Å². The lowest BCUT2D eigenvalue weighted by atomic mass is 9.91. The minimum atomic E-state index is -0.104. The Labute approximate surface area is 172 Å². The number of hydrogen-bond donors (Lipinski definition) is 2. The molecule has 2 N–H and O–H groups in total. The highest BCUT2D eigenvalue weighted by molar-refractivity contribution is 9.10.